The van der Waals surface area contributed by atoms with Gasteiger partial charge in [0, 0.05) is 18.6 Å². The van der Waals surface area contributed by atoms with Gasteiger partial charge < -0.3 is 5.32 Å². The van der Waals surface area contributed by atoms with Crippen LogP contribution in [0.1, 0.15) is 47.0 Å². The fourth-order valence-electron chi connectivity index (χ4n) is 2.49. The molecule has 1 N–H and O–H groups in total. The summed E-state index contributed by atoms with van der Waals surface area (Å²) < 4.78 is 0. The Morgan fingerprint density at radius 2 is 1.88 bits per heavy atom. The molecule has 0 aromatic heterocycles. The minimum absolute atomic E-state index is 0.683. The molecule has 96 valence electrons. The van der Waals surface area contributed by atoms with Gasteiger partial charge in [-0.05, 0) is 51.6 Å². The number of likely N-dealkylation sites (N-methyl/N-ethyl adjacent to an activating group) is 1. The van der Waals surface area contributed by atoms with E-state index in [1.807, 2.05) is 0 Å². The summed E-state index contributed by atoms with van der Waals surface area (Å²) in [5, 5.41) is 3.57. The molecule has 1 rings (SSSR count). The maximum Gasteiger partial charge on any atom is 0.0243 e. The van der Waals surface area contributed by atoms with E-state index in [2.05, 4.69) is 45.0 Å². The van der Waals surface area contributed by atoms with E-state index >= 15 is 0 Å². The molecular weight excluding hydrogens is 196 g/mol. The second kappa shape index (κ2) is 6.61. The lowest BCUT2D eigenvalue weighted by molar-refractivity contribution is 0.129. The highest BCUT2D eigenvalue weighted by Crippen LogP contribution is 2.35. The second-order valence-corrected chi connectivity index (χ2v) is 5.76. The van der Waals surface area contributed by atoms with Crippen molar-refractivity contribution in [2.45, 2.75) is 59.0 Å². The summed E-state index contributed by atoms with van der Waals surface area (Å²) in [6, 6.07) is 1.44. The molecule has 0 bridgehead atoms. The van der Waals surface area contributed by atoms with E-state index in [0.717, 1.165) is 31.0 Å². The Labute approximate surface area is 102 Å². The molecule has 0 aromatic carbocycles. The van der Waals surface area contributed by atoms with Crippen LogP contribution in [0, 0.1) is 11.8 Å². The minimum atomic E-state index is 0.683. The van der Waals surface area contributed by atoms with Gasteiger partial charge in [-0.3, -0.25) is 4.90 Å². The first-order valence-electron chi connectivity index (χ1n) is 7.00. The molecule has 0 aliphatic heterocycles. The molecular formula is C14H30N2. The quantitative estimate of drug-likeness (QED) is 0.640. The Balaban J connectivity index is 2.40. The second-order valence-electron chi connectivity index (χ2n) is 5.76. The molecule has 1 aliphatic rings. The van der Waals surface area contributed by atoms with E-state index in [0.29, 0.717) is 6.04 Å². The highest BCUT2D eigenvalue weighted by atomic mass is 15.2. The molecule has 2 heteroatoms. The number of hydrogen-bond donors (Lipinski definition) is 1. The summed E-state index contributed by atoms with van der Waals surface area (Å²) in [6.45, 7) is 11.6. The van der Waals surface area contributed by atoms with Crippen LogP contribution in [0.15, 0.2) is 0 Å². The van der Waals surface area contributed by atoms with Crippen molar-refractivity contribution in [3.8, 4) is 0 Å². The Morgan fingerprint density at radius 1 is 1.25 bits per heavy atom. The molecule has 0 saturated heterocycles. The zero-order valence-electron chi connectivity index (χ0n) is 11.8. The van der Waals surface area contributed by atoms with Crippen LogP contribution in [-0.4, -0.2) is 37.1 Å². The molecule has 0 heterocycles. The van der Waals surface area contributed by atoms with Crippen LogP contribution in [-0.2, 0) is 0 Å². The smallest absolute Gasteiger partial charge is 0.0243 e. The van der Waals surface area contributed by atoms with Crippen LogP contribution < -0.4 is 5.32 Å². The molecule has 0 amide bonds. The fourth-order valence-corrected chi connectivity index (χ4v) is 2.49. The lowest BCUT2D eigenvalue weighted by Crippen LogP contribution is -2.48. The molecule has 2 unspecified atom stereocenters. The molecule has 2 nitrogen and oxygen atoms in total. The van der Waals surface area contributed by atoms with Crippen LogP contribution >= 0.6 is 0 Å². The van der Waals surface area contributed by atoms with E-state index in [4.69, 9.17) is 0 Å². The van der Waals surface area contributed by atoms with E-state index < -0.39 is 0 Å². The fraction of sp³-hybridized carbons (Fsp3) is 1.00. The van der Waals surface area contributed by atoms with Crippen molar-refractivity contribution in [1.82, 2.24) is 10.2 Å². The molecule has 1 aliphatic carbocycles. The van der Waals surface area contributed by atoms with Crippen molar-refractivity contribution in [3.63, 3.8) is 0 Å². The first-order chi connectivity index (χ1) is 7.57. The number of hydrogen-bond acceptors (Lipinski definition) is 2. The van der Waals surface area contributed by atoms with Crippen molar-refractivity contribution in [1.29, 1.82) is 0 Å². The van der Waals surface area contributed by atoms with Gasteiger partial charge in [-0.15, -0.1) is 0 Å². The minimum Gasteiger partial charge on any atom is -0.315 e. The number of nitrogens with one attached hydrogen (secondary N) is 1. The van der Waals surface area contributed by atoms with Crippen LogP contribution in [0.2, 0.25) is 0 Å². The van der Waals surface area contributed by atoms with Gasteiger partial charge in [0.15, 0.2) is 0 Å². The predicted octanol–water partition coefficient (Wildman–Crippen LogP) is 2.74. The lowest BCUT2D eigenvalue weighted by Gasteiger charge is -2.36. The normalized spacial score (nSPS) is 20.4. The van der Waals surface area contributed by atoms with Crippen LogP contribution in [0.5, 0.6) is 0 Å². The van der Waals surface area contributed by atoms with E-state index in [1.54, 1.807) is 0 Å². The van der Waals surface area contributed by atoms with Gasteiger partial charge in [0.2, 0.25) is 0 Å². The molecule has 16 heavy (non-hydrogen) atoms. The largest absolute Gasteiger partial charge is 0.315 e. The van der Waals surface area contributed by atoms with Crippen molar-refractivity contribution in [3.05, 3.63) is 0 Å². The summed E-state index contributed by atoms with van der Waals surface area (Å²) in [6.07, 6.45) is 4.12. The Kier molecular flexibility index (Phi) is 5.77. The Hall–Kier alpha value is -0.0800. The first kappa shape index (κ1) is 14.0. The highest BCUT2D eigenvalue weighted by molar-refractivity contribution is 4.88. The Bertz CT molecular complexity index is 187. The molecule has 0 aromatic rings. The van der Waals surface area contributed by atoms with Gasteiger partial charge in [0.05, 0.1) is 0 Å². The average Bonchev–Trinajstić information content (AvgIpc) is 3.05. The van der Waals surface area contributed by atoms with Crippen LogP contribution in [0.4, 0.5) is 0 Å². The topological polar surface area (TPSA) is 15.3 Å². The van der Waals surface area contributed by atoms with Gasteiger partial charge in [0.1, 0.15) is 0 Å². The third-order valence-corrected chi connectivity index (χ3v) is 4.02. The Morgan fingerprint density at radius 3 is 2.31 bits per heavy atom. The van der Waals surface area contributed by atoms with Gasteiger partial charge in [-0.25, -0.2) is 0 Å². The maximum absolute atomic E-state index is 3.57. The maximum atomic E-state index is 3.57. The molecule has 1 saturated carbocycles. The summed E-state index contributed by atoms with van der Waals surface area (Å²) in [4.78, 5) is 2.60. The molecule has 2 atom stereocenters. The van der Waals surface area contributed by atoms with Crippen molar-refractivity contribution in [2.24, 2.45) is 11.8 Å². The SMILES string of the molecule is CCCNCC(C(C)C)N(C)C(C)C1CC1. The zero-order valence-corrected chi connectivity index (χ0v) is 11.8. The zero-order chi connectivity index (χ0) is 12.1. The van der Waals surface area contributed by atoms with Gasteiger partial charge in [0.25, 0.3) is 0 Å². The third kappa shape index (κ3) is 4.06. The van der Waals surface area contributed by atoms with Crippen LogP contribution in [0.3, 0.4) is 0 Å². The average molecular weight is 226 g/mol. The third-order valence-electron chi connectivity index (χ3n) is 4.02. The highest BCUT2D eigenvalue weighted by Gasteiger charge is 2.33. The molecule has 0 radical (unpaired) electrons. The van der Waals surface area contributed by atoms with E-state index in [9.17, 15) is 0 Å². The molecule has 0 spiro atoms. The summed E-state index contributed by atoms with van der Waals surface area (Å²) in [7, 11) is 2.31. The lowest BCUT2D eigenvalue weighted by atomic mass is 10.00. The number of nitrogens with zero attached hydrogens (tertiary/aromatic N) is 1. The van der Waals surface area contributed by atoms with Crippen molar-refractivity contribution < 1.29 is 0 Å². The standard InChI is InChI=1S/C14H30N2/c1-6-9-15-10-14(11(2)3)16(5)12(4)13-7-8-13/h11-15H,6-10H2,1-5H3. The van der Waals surface area contributed by atoms with Crippen molar-refractivity contribution in [2.75, 3.05) is 20.1 Å². The van der Waals surface area contributed by atoms with Crippen molar-refractivity contribution >= 4 is 0 Å². The monoisotopic (exact) mass is 226 g/mol. The van der Waals surface area contributed by atoms with Crippen LogP contribution in [0.25, 0.3) is 0 Å². The molecule has 1 fully saturated rings. The van der Waals surface area contributed by atoms with E-state index in [-0.39, 0.29) is 0 Å². The van der Waals surface area contributed by atoms with E-state index in [1.165, 1.54) is 19.3 Å². The predicted molar refractivity (Wildman–Crippen MR) is 71.7 cm³/mol. The summed E-state index contributed by atoms with van der Waals surface area (Å²) >= 11 is 0. The first-order valence-corrected chi connectivity index (χ1v) is 7.00. The van der Waals surface area contributed by atoms with Gasteiger partial charge >= 0.3 is 0 Å². The van der Waals surface area contributed by atoms with Gasteiger partial charge in [-0.1, -0.05) is 20.8 Å². The number of rotatable bonds is 8. The summed E-state index contributed by atoms with van der Waals surface area (Å²) in [5.74, 6) is 1.70. The van der Waals surface area contributed by atoms with Gasteiger partial charge in [-0.2, -0.15) is 0 Å². The summed E-state index contributed by atoms with van der Waals surface area (Å²) in [5.41, 5.74) is 0.